The number of nitrogens with one attached hydrogen (secondary N) is 1. The zero-order valence-electron chi connectivity index (χ0n) is 12.3. The molecule has 1 atom stereocenters. The Morgan fingerprint density at radius 1 is 1.25 bits per heavy atom. The van der Waals surface area contributed by atoms with E-state index in [9.17, 15) is 8.78 Å². The molecular formula is C16H24F2N2. The van der Waals surface area contributed by atoms with Gasteiger partial charge in [0.05, 0.1) is 0 Å². The highest BCUT2D eigenvalue weighted by atomic mass is 19.1. The quantitative estimate of drug-likeness (QED) is 0.892. The smallest absolute Gasteiger partial charge is 0.126 e. The maximum Gasteiger partial charge on any atom is 0.126 e. The van der Waals surface area contributed by atoms with Gasteiger partial charge in [0.15, 0.2) is 0 Å². The molecule has 1 N–H and O–H groups in total. The van der Waals surface area contributed by atoms with Gasteiger partial charge in [0.2, 0.25) is 0 Å². The Morgan fingerprint density at radius 3 is 2.60 bits per heavy atom. The van der Waals surface area contributed by atoms with Gasteiger partial charge in [-0.1, -0.05) is 13.8 Å². The minimum atomic E-state index is -0.491. The van der Waals surface area contributed by atoms with E-state index < -0.39 is 11.6 Å². The molecule has 0 bridgehead atoms. The fraction of sp³-hybridized carbons (Fsp3) is 0.625. The molecule has 1 fully saturated rings. The van der Waals surface area contributed by atoms with Crippen molar-refractivity contribution >= 4 is 0 Å². The average molecular weight is 282 g/mol. The Morgan fingerprint density at radius 2 is 1.95 bits per heavy atom. The van der Waals surface area contributed by atoms with Crippen LogP contribution in [-0.4, -0.2) is 30.6 Å². The molecule has 1 aliphatic heterocycles. The van der Waals surface area contributed by atoms with E-state index in [-0.39, 0.29) is 0 Å². The molecule has 0 radical (unpaired) electrons. The lowest BCUT2D eigenvalue weighted by Gasteiger charge is -2.33. The van der Waals surface area contributed by atoms with Crippen molar-refractivity contribution in [1.29, 1.82) is 0 Å². The fourth-order valence-electron chi connectivity index (χ4n) is 2.82. The number of halogens is 2. The highest BCUT2D eigenvalue weighted by molar-refractivity contribution is 5.17. The van der Waals surface area contributed by atoms with Crippen LogP contribution in [0.1, 0.15) is 32.3 Å². The summed E-state index contributed by atoms with van der Waals surface area (Å²) in [6, 6.07) is 4.29. The second-order valence-electron chi connectivity index (χ2n) is 6.08. The number of benzene rings is 1. The average Bonchev–Trinajstić information content (AvgIpc) is 2.35. The van der Waals surface area contributed by atoms with E-state index in [1.807, 2.05) is 0 Å². The zero-order valence-corrected chi connectivity index (χ0v) is 12.3. The molecule has 0 aliphatic carbocycles. The molecule has 0 saturated carbocycles. The van der Waals surface area contributed by atoms with Crippen LogP contribution < -0.4 is 5.32 Å². The summed E-state index contributed by atoms with van der Waals surface area (Å²) in [6.45, 7) is 7.96. The molecule has 0 spiro atoms. The van der Waals surface area contributed by atoms with Crippen molar-refractivity contribution in [2.45, 2.75) is 39.3 Å². The maximum absolute atomic E-state index is 13.2. The lowest BCUT2D eigenvalue weighted by atomic mass is 9.97. The van der Waals surface area contributed by atoms with E-state index in [0.29, 0.717) is 18.5 Å². The molecule has 4 heteroatoms. The molecule has 2 rings (SSSR count). The summed E-state index contributed by atoms with van der Waals surface area (Å²) >= 11 is 0. The van der Waals surface area contributed by atoms with Crippen LogP contribution in [0.25, 0.3) is 0 Å². The SMILES string of the molecule is CC(C)NCC1CCCN(Cc2cc(F)cc(F)c2)C1. The Balaban J connectivity index is 1.89. The molecule has 0 amide bonds. The maximum atomic E-state index is 13.2. The van der Waals surface area contributed by atoms with Gasteiger partial charge in [0, 0.05) is 25.2 Å². The van der Waals surface area contributed by atoms with Crippen LogP contribution in [-0.2, 0) is 6.54 Å². The number of nitrogens with zero attached hydrogens (tertiary/aromatic N) is 1. The van der Waals surface area contributed by atoms with Crippen molar-refractivity contribution in [3.05, 3.63) is 35.4 Å². The predicted octanol–water partition coefficient (Wildman–Crippen LogP) is 3.17. The summed E-state index contributed by atoms with van der Waals surface area (Å²) in [5, 5.41) is 3.47. The van der Waals surface area contributed by atoms with Crippen LogP contribution in [0.15, 0.2) is 18.2 Å². The second-order valence-corrected chi connectivity index (χ2v) is 6.08. The molecule has 1 aliphatic rings. The summed E-state index contributed by atoms with van der Waals surface area (Å²) < 4.78 is 26.4. The van der Waals surface area contributed by atoms with Crippen molar-refractivity contribution in [1.82, 2.24) is 10.2 Å². The van der Waals surface area contributed by atoms with Gasteiger partial charge in [-0.05, 0) is 49.5 Å². The first-order valence-electron chi connectivity index (χ1n) is 7.43. The Bertz CT molecular complexity index is 414. The van der Waals surface area contributed by atoms with Crippen molar-refractivity contribution in [3.63, 3.8) is 0 Å². The van der Waals surface area contributed by atoms with E-state index >= 15 is 0 Å². The largest absolute Gasteiger partial charge is 0.314 e. The van der Waals surface area contributed by atoms with Gasteiger partial charge in [-0.2, -0.15) is 0 Å². The molecule has 112 valence electrons. The first-order chi connectivity index (χ1) is 9.52. The van der Waals surface area contributed by atoms with Crippen LogP contribution in [0, 0.1) is 17.6 Å². The van der Waals surface area contributed by atoms with Crippen molar-refractivity contribution in [2.24, 2.45) is 5.92 Å². The minimum Gasteiger partial charge on any atom is -0.314 e. The summed E-state index contributed by atoms with van der Waals surface area (Å²) in [4.78, 5) is 2.30. The number of hydrogen-bond acceptors (Lipinski definition) is 2. The third-order valence-corrected chi connectivity index (χ3v) is 3.75. The summed E-state index contributed by atoms with van der Waals surface area (Å²) in [5.41, 5.74) is 0.722. The standard InChI is InChI=1S/C16H24F2N2/c1-12(2)19-9-13-4-3-5-20(10-13)11-14-6-15(17)8-16(18)7-14/h6-8,12-13,19H,3-5,9-11H2,1-2H3. The van der Waals surface area contributed by atoms with Gasteiger partial charge in [0.25, 0.3) is 0 Å². The Hall–Kier alpha value is -1.00. The first kappa shape index (κ1) is 15.4. The van der Waals surface area contributed by atoms with Gasteiger partial charge >= 0.3 is 0 Å². The molecule has 0 aromatic heterocycles. The summed E-state index contributed by atoms with van der Waals surface area (Å²) in [5.74, 6) is -0.352. The first-order valence-corrected chi connectivity index (χ1v) is 7.43. The van der Waals surface area contributed by atoms with Gasteiger partial charge in [-0.25, -0.2) is 8.78 Å². The van der Waals surface area contributed by atoms with E-state index in [1.54, 1.807) is 0 Å². The Labute approximate surface area is 120 Å². The van der Waals surface area contributed by atoms with Gasteiger partial charge < -0.3 is 5.32 Å². The highest BCUT2D eigenvalue weighted by Gasteiger charge is 2.20. The molecule has 1 saturated heterocycles. The third kappa shape index (κ3) is 4.84. The molecule has 20 heavy (non-hydrogen) atoms. The molecule has 2 nitrogen and oxygen atoms in total. The van der Waals surface area contributed by atoms with Gasteiger partial charge in [0.1, 0.15) is 11.6 Å². The Kier molecular flexibility index (Phi) is 5.49. The van der Waals surface area contributed by atoms with Crippen LogP contribution in [0.3, 0.4) is 0 Å². The molecule has 1 aromatic carbocycles. The number of piperidine rings is 1. The number of hydrogen-bond donors (Lipinski definition) is 1. The van der Waals surface area contributed by atoms with Crippen molar-refractivity contribution in [2.75, 3.05) is 19.6 Å². The number of rotatable bonds is 5. The zero-order chi connectivity index (χ0) is 14.5. The third-order valence-electron chi connectivity index (χ3n) is 3.75. The van der Waals surface area contributed by atoms with Crippen LogP contribution in [0.5, 0.6) is 0 Å². The lowest BCUT2D eigenvalue weighted by Crippen LogP contribution is -2.40. The van der Waals surface area contributed by atoms with Crippen LogP contribution >= 0.6 is 0 Å². The fourth-order valence-corrected chi connectivity index (χ4v) is 2.82. The lowest BCUT2D eigenvalue weighted by molar-refractivity contribution is 0.163. The molecular weight excluding hydrogens is 258 g/mol. The van der Waals surface area contributed by atoms with E-state index in [1.165, 1.54) is 18.6 Å². The summed E-state index contributed by atoms with van der Waals surface area (Å²) in [6.07, 6.45) is 2.38. The predicted molar refractivity (Wildman–Crippen MR) is 77.5 cm³/mol. The topological polar surface area (TPSA) is 15.3 Å². The van der Waals surface area contributed by atoms with Crippen LogP contribution in [0.2, 0.25) is 0 Å². The van der Waals surface area contributed by atoms with Gasteiger partial charge in [-0.3, -0.25) is 4.90 Å². The highest BCUT2D eigenvalue weighted by Crippen LogP contribution is 2.19. The second kappa shape index (κ2) is 7.14. The molecule has 1 unspecified atom stereocenters. The molecule has 1 heterocycles. The van der Waals surface area contributed by atoms with Crippen molar-refractivity contribution in [3.8, 4) is 0 Å². The van der Waals surface area contributed by atoms with Gasteiger partial charge in [-0.15, -0.1) is 0 Å². The summed E-state index contributed by atoms with van der Waals surface area (Å²) in [7, 11) is 0. The normalized spacial score (nSPS) is 20.6. The van der Waals surface area contributed by atoms with Crippen LogP contribution in [0.4, 0.5) is 8.78 Å². The van der Waals surface area contributed by atoms with E-state index in [4.69, 9.17) is 0 Å². The number of likely N-dealkylation sites (tertiary alicyclic amines) is 1. The van der Waals surface area contributed by atoms with Crippen molar-refractivity contribution < 1.29 is 8.78 Å². The van der Waals surface area contributed by atoms with E-state index in [2.05, 4.69) is 24.1 Å². The monoisotopic (exact) mass is 282 g/mol. The van der Waals surface area contributed by atoms with E-state index in [0.717, 1.165) is 37.7 Å². The minimum absolute atomic E-state index is 0.491. The molecule has 1 aromatic rings.